The van der Waals surface area contributed by atoms with E-state index in [2.05, 4.69) is 17.1 Å². The molecule has 1 saturated heterocycles. The summed E-state index contributed by atoms with van der Waals surface area (Å²) in [6, 6.07) is 8.48. The summed E-state index contributed by atoms with van der Waals surface area (Å²) in [6.45, 7) is 4.06. The number of carbonyl (C=O) groups is 1. The van der Waals surface area contributed by atoms with Gasteiger partial charge in [0.25, 0.3) is 0 Å². The van der Waals surface area contributed by atoms with Crippen molar-refractivity contribution in [3.8, 4) is 0 Å². The normalized spacial score (nSPS) is 21.0. The Labute approximate surface area is 131 Å². The van der Waals surface area contributed by atoms with E-state index in [9.17, 15) is 4.79 Å². The highest BCUT2D eigenvalue weighted by Gasteiger charge is 2.39. The van der Waals surface area contributed by atoms with Gasteiger partial charge in [-0.3, -0.25) is 4.79 Å². The SMILES string of the molecule is CC(c1ccc(Cl)cc1)N(C(=O)C1CCNCC1)C1CC1. The number of halogens is 1. The van der Waals surface area contributed by atoms with E-state index >= 15 is 0 Å². The van der Waals surface area contributed by atoms with Crippen LogP contribution in [0, 0.1) is 5.92 Å². The molecule has 3 rings (SSSR count). The average molecular weight is 307 g/mol. The summed E-state index contributed by atoms with van der Waals surface area (Å²) >= 11 is 5.97. The predicted molar refractivity (Wildman–Crippen MR) is 85.3 cm³/mol. The molecule has 0 spiro atoms. The van der Waals surface area contributed by atoms with Crippen LogP contribution in [0.1, 0.15) is 44.2 Å². The van der Waals surface area contributed by atoms with Crippen LogP contribution in [-0.4, -0.2) is 29.9 Å². The second-order valence-electron chi connectivity index (χ2n) is 6.23. The monoisotopic (exact) mass is 306 g/mol. The van der Waals surface area contributed by atoms with Gasteiger partial charge < -0.3 is 10.2 Å². The van der Waals surface area contributed by atoms with Gasteiger partial charge in [-0.25, -0.2) is 0 Å². The van der Waals surface area contributed by atoms with Crippen molar-refractivity contribution in [2.24, 2.45) is 5.92 Å². The van der Waals surface area contributed by atoms with Gasteiger partial charge in [0.15, 0.2) is 0 Å². The molecule has 1 aliphatic heterocycles. The zero-order valence-electron chi connectivity index (χ0n) is 12.5. The van der Waals surface area contributed by atoms with Gasteiger partial charge >= 0.3 is 0 Å². The van der Waals surface area contributed by atoms with Gasteiger partial charge in [0.1, 0.15) is 0 Å². The van der Waals surface area contributed by atoms with Crippen molar-refractivity contribution in [1.82, 2.24) is 10.2 Å². The molecule has 2 fully saturated rings. The van der Waals surface area contributed by atoms with Crippen LogP contribution in [0.4, 0.5) is 0 Å². The molecular formula is C17H23ClN2O. The molecule has 114 valence electrons. The molecule has 1 N–H and O–H groups in total. The highest BCUT2D eigenvalue weighted by Crippen LogP contribution is 2.36. The molecule has 0 aromatic heterocycles. The number of nitrogens with zero attached hydrogens (tertiary/aromatic N) is 1. The maximum atomic E-state index is 12.9. The van der Waals surface area contributed by atoms with Crippen LogP contribution in [-0.2, 0) is 4.79 Å². The number of nitrogens with one attached hydrogen (secondary N) is 1. The number of amides is 1. The maximum Gasteiger partial charge on any atom is 0.226 e. The number of benzene rings is 1. The number of rotatable bonds is 4. The maximum absolute atomic E-state index is 12.9. The van der Waals surface area contributed by atoms with Gasteiger partial charge in [-0.05, 0) is 63.4 Å². The Bertz CT molecular complexity index is 492. The molecule has 0 radical (unpaired) electrons. The second-order valence-corrected chi connectivity index (χ2v) is 6.66. The van der Waals surface area contributed by atoms with Gasteiger partial charge in [0.05, 0.1) is 6.04 Å². The van der Waals surface area contributed by atoms with E-state index < -0.39 is 0 Å². The zero-order valence-corrected chi connectivity index (χ0v) is 13.3. The molecule has 21 heavy (non-hydrogen) atoms. The lowest BCUT2D eigenvalue weighted by Crippen LogP contribution is -2.43. The summed E-state index contributed by atoms with van der Waals surface area (Å²) in [6.07, 6.45) is 4.23. The lowest BCUT2D eigenvalue weighted by atomic mass is 9.95. The van der Waals surface area contributed by atoms with Crippen LogP contribution in [0.3, 0.4) is 0 Å². The molecule has 2 aliphatic rings. The summed E-state index contributed by atoms with van der Waals surface area (Å²) in [5, 5.41) is 4.08. The molecular weight excluding hydrogens is 284 g/mol. The minimum absolute atomic E-state index is 0.136. The fourth-order valence-corrected chi connectivity index (χ4v) is 3.35. The van der Waals surface area contributed by atoms with E-state index in [0.717, 1.165) is 43.8 Å². The second kappa shape index (κ2) is 6.37. The zero-order chi connectivity index (χ0) is 14.8. The van der Waals surface area contributed by atoms with Crippen molar-refractivity contribution in [2.45, 2.75) is 44.7 Å². The number of carbonyl (C=O) groups excluding carboxylic acids is 1. The van der Waals surface area contributed by atoms with Gasteiger partial charge in [-0.1, -0.05) is 23.7 Å². The molecule has 1 aromatic carbocycles. The van der Waals surface area contributed by atoms with Crippen LogP contribution in [0.5, 0.6) is 0 Å². The first-order valence-corrected chi connectivity index (χ1v) is 8.33. The van der Waals surface area contributed by atoms with Crippen molar-refractivity contribution >= 4 is 17.5 Å². The molecule has 1 unspecified atom stereocenters. The average Bonchev–Trinajstić information content (AvgIpc) is 3.33. The third kappa shape index (κ3) is 3.41. The van der Waals surface area contributed by atoms with Gasteiger partial charge in [-0.15, -0.1) is 0 Å². The molecule has 1 amide bonds. The molecule has 0 bridgehead atoms. The molecule has 4 heteroatoms. The Hall–Kier alpha value is -1.06. The quantitative estimate of drug-likeness (QED) is 0.925. The van der Waals surface area contributed by atoms with Crippen molar-refractivity contribution in [3.05, 3.63) is 34.9 Å². The number of hydrogen-bond donors (Lipinski definition) is 1. The third-order valence-corrected chi connectivity index (χ3v) is 4.90. The van der Waals surface area contributed by atoms with E-state index in [-0.39, 0.29) is 12.0 Å². The van der Waals surface area contributed by atoms with Crippen LogP contribution in [0.2, 0.25) is 5.02 Å². The summed E-state index contributed by atoms with van der Waals surface area (Å²) < 4.78 is 0. The first-order valence-electron chi connectivity index (χ1n) is 7.95. The topological polar surface area (TPSA) is 32.3 Å². The lowest BCUT2D eigenvalue weighted by molar-refractivity contribution is -0.139. The molecule has 1 atom stereocenters. The first-order chi connectivity index (χ1) is 10.2. The van der Waals surface area contributed by atoms with Crippen LogP contribution in [0.15, 0.2) is 24.3 Å². The van der Waals surface area contributed by atoms with Crippen molar-refractivity contribution in [1.29, 1.82) is 0 Å². The van der Waals surface area contributed by atoms with E-state index in [1.807, 2.05) is 24.3 Å². The Kier molecular flexibility index (Phi) is 4.51. The summed E-state index contributed by atoms with van der Waals surface area (Å²) in [7, 11) is 0. The Morgan fingerprint density at radius 3 is 2.38 bits per heavy atom. The fraction of sp³-hybridized carbons (Fsp3) is 0.588. The lowest BCUT2D eigenvalue weighted by Gasteiger charge is -2.34. The highest BCUT2D eigenvalue weighted by molar-refractivity contribution is 6.30. The number of piperidine rings is 1. The minimum Gasteiger partial charge on any atom is -0.333 e. The summed E-state index contributed by atoms with van der Waals surface area (Å²) in [4.78, 5) is 15.1. The summed E-state index contributed by atoms with van der Waals surface area (Å²) in [5.74, 6) is 0.544. The first kappa shape index (κ1) is 14.9. The minimum atomic E-state index is 0.136. The van der Waals surface area contributed by atoms with Crippen LogP contribution >= 0.6 is 11.6 Å². The van der Waals surface area contributed by atoms with Gasteiger partial charge in [0, 0.05) is 17.0 Å². The fourth-order valence-electron chi connectivity index (χ4n) is 3.22. The van der Waals surface area contributed by atoms with E-state index in [4.69, 9.17) is 11.6 Å². The van der Waals surface area contributed by atoms with Crippen LogP contribution in [0.25, 0.3) is 0 Å². The standard InChI is InChI=1S/C17H23ClN2O/c1-12(13-2-4-15(18)5-3-13)20(16-6-7-16)17(21)14-8-10-19-11-9-14/h2-5,12,14,16,19H,6-11H2,1H3. The molecule has 1 heterocycles. The Morgan fingerprint density at radius 1 is 1.19 bits per heavy atom. The molecule has 1 aliphatic carbocycles. The third-order valence-electron chi connectivity index (χ3n) is 4.65. The molecule has 1 saturated carbocycles. The van der Waals surface area contributed by atoms with Crippen LogP contribution < -0.4 is 5.32 Å². The number of hydrogen-bond acceptors (Lipinski definition) is 2. The predicted octanol–water partition coefficient (Wildman–Crippen LogP) is 3.39. The molecule has 1 aromatic rings. The molecule has 3 nitrogen and oxygen atoms in total. The summed E-state index contributed by atoms with van der Waals surface area (Å²) in [5.41, 5.74) is 1.17. The van der Waals surface area contributed by atoms with Crippen molar-refractivity contribution < 1.29 is 4.79 Å². The largest absolute Gasteiger partial charge is 0.333 e. The van der Waals surface area contributed by atoms with Crippen molar-refractivity contribution in [2.75, 3.05) is 13.1 Å². The van der Waals surface area contributed by atoms with Gasteiger partial charge in [0.2, 0.25) is 5.91 Å². The van der Waals surface area contributed by atoms with E-state index in [1.54, 1.807) is 0 Å². The Balaban J connectivity index is 1.77. The Morgan fingerprint density at radius 2 is 1.81 bits per heavy atom. The van der Waals surface area contributed by atoms with E-state index in [1.165, 1.54) is 5.56 Å². The highest BCUT2D eigenvalue weighted by atomic mass is 35.5. The van der Waals surface area contributed by atoms with Crippen molar-refractivity contribution in [3.63, 3.8) is 0 Å². The smallest absolute Gasteiger partial charge is 0.226 e. The van der Waals surface area contributed by atoms with E-state index in [0.29, 0.717) is 11.9 Å². The van der Waals surface area contributed by atoms with Gasteiger partial charge in [-0.2, -0.15) is 0 Å².